The molecule has 0 bridgehead atoms. The third kappa shape index (κ3) is 5.43. The first kappa shape index (κ1) is 23.8. The fourth-order valence-electron chi connectivity index (χ4n) is 3.83. The van der Waals surface area contributed by atoms with Crippen LogP contribution in [-0.4, -0.2) is 61.0 Å². The summed E-state index contributed by atoms with van der Waals surface area (Å²) >= 11 is 0. The third-order valence-electron chi connectivity index (χ3n) is 5.53. The summed E-state index contributed by atoms with van der Waals surface area (Å²) in [5, 5.41) is 3.22. The van der Waals surface area contributed by atoms with Gasteiger partial charge in [0.2, 0.25) is 5.95 Å². The molecule has 0 aliphatic carbocycles. The van der Waals surface area contributed by atoms with Gasteiger partial charge in [0.1, 0.15) is 5.82 Å². The molecular weight excluding hydrogens is 439 g/mol. The number of aromatic nitrogens is 2. The molecule has 9 heteroatoms. The van der Waals surface area contributed by atoms with Crippen LogP contribution in [0.1, 0.15) is 30.6 Å². The van der Waals surface area contributed by atoms with Gasteiger partial charge in [0, 0.05) is 31.8 Å². The van der Waals surface area contributed by atoms with Crippen LogP contribution < -0.4 is 15.8 Å². The topological polar surface area (TPSA) is 85.7 Å². The zero-order valence-corrected chi connectivity index (χ0v) is 19.4. The number of morpholine rings is 1. The van der Waals surface area contributed by atoms with Gasteiger partial charge >= 0.3 is 0 Å². The van der Waals surface area contributed by atoms with E-state index in [2.05, 4.69) is 5.32 Å². The molecule has 3 aromatic rings. The average molecular weight is 469 g/mol. The van der Waals surface area contributed by atoms with Crippen LogP contribution in [0.5, 0.6) is 0 Å². The number of fused-ring (bicyclic) bond motifs is 1. The number of nitrogens with one attached hydrogen (secondary N) is 1. The van der Waals surface area contributed by atoms with Crippen LogP contribution in [0.25, 0.3) is 16.6 Å². The second-order valence-corrected chi connectivity index (χ2v) is 8.39. The fraction of sp³-hybridized carbons (Fsp3) is 0.400. The smallest absolute Gasteiger partial charge is 0.267 e. The summed E-state index contributed by atoms with van der Waals surface area (Å²) in [6.45, 7) is 7.08. The van der Waals surface area contributed by atoms with Gasteiger partial charge in [-0.3, -0.25) is 9.59 Å². The number of benzene rings is 2. The highest BCUT2D eigenvalue weighted by atomic mass is 19.1. The summed E-state index contributed by atoms with van der Waals surface area (Å²) in [6.07, 6.45) is 0.856. The Bertz CT molecular complexity index is 1220. The number of nitrogens with zero attached hydrogens (tertiary/aromatic N) is 3. The van der Waals surface area contributed by atoms with Crippen LogP contribution in [0.4, 0.5) is 10.3 Å². The van der Waals surface area contributed by atoms with E-state index in [9.17, 15) is 14.0 Å². The van der Waals surface area contributed by atoms with Crippen molar-refractivity contribution in [2.75, 3.05) is 44.4 Å². The molecule has 1 saturated heterocycles. The predicted octanol–water partition coefficient (Wildman–Crippen LogP) is 2.91. The minimum atomic E-state index is -0.441. The van der Waals surface area contributed by atoms with Gasteiger partial charge in [-0.1, -0.05) is 6.07 Å². The summed E-state index contributed by atoms with van der Waals surface area (Å²) in [4.78, 5) is 32.9. The number of halogens is 1. The van der Waals surface area contributed by atoms with Crippen LogP contribution in [0, 0.1) is 5.82 Å². The van der Waals surface area contributed by atoms with Crippen LogP contribution in [0.2, 0.25) is 0 Å². The molecule has 4 rings (SSSR count). The largest absolute Gasteiger partial charge is 0.379 e. The summed E-state index contributed by atoms with van der Waals surface area (Å²) < 4.78 is 26.3. The lowest BCUT2D eigenvalue weighted by Gasteiger charge is -2.30. The first-order valence-corrected chi connectivity index (χ1v) is 11.5. The highest BCUT2D eigenvalue weighted by molar-refractivity contribution is 5.97. The van der Waals surface area contributed by atoms with Crippen molar-refractivity contribution in [2.24, 2.45) is 0 Å². The Labute approximate surface area is 197 Å². The van der Waals surface area contributed by atoms with Crippen molar-refractivity contribution >= 4 is 22.8 Å². The van der Waals surface area contributed by atoms with Crippen molar-refractivity contribution in [3.8, 4) is 5.69 Å². The monoisotopic (exact) mass is 468 g/mol. The average Bonchev–Trinajstić information content (AvgIpc) is 2.83. The van der Waals surface area contributed by atoms with Gasteiger partial charge < -0.3 is 19.7 Å². The maximum Gasteiger partial charge on any atom is 0.267 e. The van der Waals surface area contributed by atoms with E-state index in [1.54, 1.807) is 30.3 Å². The van der Waals surface area contributed by atoms with Crippen LogP contribution in [-0.2, 0) is 9.47 Å². The molecule has 8 nitrogen and oxygen atoms in total. The van der Waals surface area contributed by atoms with E-state index >= 15 is 0 Å². The zero-order chi connectivity index (χ0) is 24.1. The summed E-state index contributed by atoms with van der Waals surface area (Å²) in [6, 6.07) is 10.7. The van der Waals surface area contributed by atoms with E-state index in [0.29, 0.717) is 74.0 Å². The maximum absolute atomic E-state index is 14.0. The number of carbonyl (C=O) groups excluding carboxylic acids is 1. The van der Waals surface area contributed by atoms with E-state index in [0.717, 1.165) is 0 Å². The van der Waals surface area contributed by atoms with Crippen molar-refractivity contribution in [1.29, 1.82) is 0 Å². The quantitative estimate of drug-likeness (QED) is 0.512. The molecule has 2 heterocycles. The molecular formula is C25H29FN4O4. The molecule has 1 aliphatic rings. The minimum absolute atomic E-state index is 0.152. The Kier molecular flexibility index (Phi) is 7.54. The maximum atomic E-state index is 14.0. The minimum Gasteiger partial charge on any atom is -0.379 e. The number of rotatable bonds is 8. The molecule has 1 fully saturated rings. The van der Waals surface area contributed by atoms with Crippen molar-refractivity contribution in [2.45, 2.75) is 26.4 Å². The summed E-state index contributed by atoms with van der Waals surface area (Å²) in [5.41, 5.74) is 0.900. The van der Waals surface area contributed by atoms with Crippen LogP contribution in [0.15, 0.2) is 47.3 Å². The van der Waals surface area contributed by atoms with Gasteiger partial charge in [-0.15, -0.1) is 0 Å². The van der Waals surface area contributed by atoms with Gasteiger partial charge in [0.25, 0.3) is 11.5 Å². The van der Waals surface area contributed by atoms with Crippen molar-refractivity contribution in [3.05, 3.63) is 64.2 Å². The van der Waals surface area contributed by atoms with Crippen molar-refractivity contribution < 1.29 is 18.7 Å². The number of amides is 1. The van der Waals surface area contributed by atoms with E-state index in [1.807, 2.05) is 18.7 Å². The number of hydrogen-bond acceptors (Lipinski definition) is 6. The van der Waals surface area contributed by atoms with Crippen LogP contribution in [0.3, 0.4) is 0 Å². The molecule has 34 heavy (non-hydrogen) atoms. The van der Waals surface area contributed by atoms with Gasteiger partial charge in [-0.05, 0) is 56.7 Å². The molecule has 0 atom stereocenters. The molecule has 1 aromatic heterocycles. The van der Waals surface area contributed by atoms with Crippen molar-refractivity contribution in [3.63, 3.8) is 0 Å². The van der Waals surface area contributed by atoms with Gasteiger partial charge in [0.05, 0.1) is 35.9 Å². The van der Waals surface area contributed by atoms with Gasteiger partial charge in [-0.2, -0.15) is 0 Å². The van der Waals surface area contributed by atoms with E-state index < -0.39 is 5.82 Å². The Balaban J connectivity index is 1.68. The lowest BCUT2D eigenvalue weighted by Crippen LogP contribution is -2.40. The van der Waals surface area contributed by atoms with Crippen LogP contribution >= 0.6 is 0 Å². The number of anilines is 1. The van der Waals surface area contributed by atoms with E-state index in [-0.39, 0.29) is 17.6 Å². The fourth-order valence-corrected chi connectivity index (χ4v) is 3.83. The first-order valence-electron chi connectivity index (χ1n) is 11.5. The lowest BCUT2D eigenvalue weighted by molar-refractivity contribution is 0.0757. The molecule has 0 unspecified atom stereocenters. The molecule has 2 aromatic carbocycles. The van der Waals surface area contributed by atoms with E-state index in [4.69, 9.17) is 14.5 Å². The SMILES string of the molecule is CC(C)OCCCNC(=O)c1ccc2c(=O)n(-c3cccc(F)c3)c(N3CCOCC3)nc2c1. The Hall–Kier alpha value is -3.30. The molecule has 1 N–H and O–H groups in total. The highest BCUT2D eigenvalue weighted by Gasteiger charge is 2.21. The molecule has 0 saturated carbocycles. The summed E-state index contributed by atoms with van der Waals surface area (Å²) in [7, 11) is 0. The molecule has 0 radical (unpaired) electrons. The predicted molar refractivity (Wildman–Crippen MR) is 128 cm³/mol. The van der Waals surface area contributed by atoms with Gasteiger partial charge in [0.15, 0.2) is 0 Å². The Morgan fingerprint density at radius 1 is 1.21 bits per heavy atom. The number of carbonyl (C=O) groups is 1. The van der Waals surface area contributed by atoms with Gasteiger partial charge in [-0.25, -0.2) is 13.9 Å². The first-order chi connectivity index (χ1) is 16.4. The summed E-state index contributed by atoms with van der Waals surface area (Å²) in [5.74, 6) is -0.284. The third-order valence-corrected chi connectivity index (χ3v) is 5.53. The molecule has 0 spiro atoms. The second-order valence-electron chi connectivity index (χ2n) is 8.39. The highest BCUT2D eigenvalue weighted by Crippen LogP contribution is 2.22. The number of ether oxygens (including phenoxy) is 2. The Morgan fingerprint density at radius 2 is 2.00 bits per heavy atom. The number of hydrogen-bond donors (Lipinski definition) is 1. The lowest BCUT2D eigenvalue weighted by atomic mass is 10.1. The zero-order valence-electron chi connectivity index (χ0n) is 19.4. The second kappa shape index (κ2) is 10.8. The van der Waals surface area contributed by atoms with Crippen molar-refractivity contribution in [1.82, 2.24) is 14.9 Å². The molecule has 1 amide bonds. The molecule has 180 valence electrons. The molecule has 1 aliphatic heterocycles. The standard InChI is InChI=1S/C25H29FN4O4/c1-17(2)34-12-4-9-27-23(31)18-7-8-21-22(15-18)28-25(29-10-13-33-14-11-29)30(24(21)32)20-6-3-5-19(26)16-20/h3,5-8,15-17H,4,9-14H2,1-2H3,(H,27,31). The van der Waals surface area contributed by atoms with E-state index in [1.165, 1.54) is 16.7 Å². The Morgan fingerprint density at radius 3 is 2.74 bits per heavy atom. The normalized spacial score (nSPS) is 14.1.